The molecule has 1 fully saturated rings. The highest BCUT2D eigenvalue weighted by molar-refractivity contribution is 6.30. The third-order valence-electron chi connectivity index (χ3n) is 4.66. The Morgan fingerprint density at radius 1 is 1.08 bits per heavy atom. The first kappa shape index (κ1) is 18.4. The van der Waals surface area contributed by atoms with E-state index in [1.807, 2.05) is 19.1 Å². The highest BCUT2D eigenvalue weighted by atomic mass is 35.5. The number of halogens is 1. The van der Waals surface area contributed by atoms with Crippen molar-refractivity contribution in [2.45, 2.75) is 44.7 Å². The number of rotatable bonds is 4. The third kappa shape index (κ3) is 4.61. The molecular weight excluding hydrogens is 350 g/mol. The smallest absolute Gasteiger partial charge is 0.270 e. The Bertz CT molecular complexity index is 809. The Morgan fingerprint density at radius 3 is 2.50 bits per heavy atom. The summed E-state index contributed by atoms with van der Waals surface area (Å²) in [5, 5.41) is 6.65. The molecule has 1 aromatic carbocycles. The maximum atomic E-state index is 12.4. The van der Waals surface area contributed by atoms with Crippen molar-refractivity contribution >= 4 is 23.4 Å². The summed E-state index contributed by atoms with van der Waals surface area (Å²) in [6.45, 7) is 1.87. The quantitative estimate of drug-likeness (QED) is 0.863. The van der Waals surface area contributed by atoms with E-state index in [2.05, 4.69) is 15.6 Å². The maximum Gasteiger partial charge on any atom is 0.270 e. The lowest BCUT2D eigenvalue weighted by molar-refractivity contribution is 0.0900. The lowest BCUT2D eigenvalue weighted by Crippen LogP contribution is -2.46. The van der Waals surface area contributed by atoms with Gasteiger partial charge in [-0.3, -0.25) is 14.6 Å². The minimum Gasteiger partial charge on any atom is -0.349 e. The van der Waals surface area contributed by atoms with Crippen LogP contribution in [0, 0.1) is 6.92 Å². The highest BCUT2D eigenvalue weighted by Crippen LogP contribution is 2.20. The number of nitrogens with zero attached hydrogens (tertiary/aromatic N) is 1. The second-order valence-electron chi connectivity index (χ2n) is 6.69. The molecule has 0 spiro atoms. The van der Waals surface area contributed by atoms with Crippen LogP contribution in [0.3, 0.4) is 0 Å². The minimum absolute atomic E-state index is 0.0299. The van der Waals surface area contributed by atoms with Gasteiger partial charge in [0.25, 0.3) is 11.8 Å². The molecule has 2 amide bonds. The van der Waals surface area contributed by atoms with Gasteiger partial charge in [0.2, 0.25) is 0 Å². The number of benzene rings is 1. The van der Waals surface area contributed by atoms with Gasteiger partial charge in [-0.25, -0.2) is 0 Å². The van der Waals surface area contributed by atoms with E-state index >= 15 is 0 Å². The van der Waals surface area contributed by atoms with Crippen LogP contribution in [-0.2, 0) is 0 Å². The molecule has 1 heterocycles. The third-order valence-corrected chi connectivity index (χ3v) is 4.89. The molecule has 0 aliphatic heterocycles. The Kier molecular flexibility index (Phi) is 5.89. The van der Waals surface area contributed by atoms with Crippen molar-refractivity contribution < 1.29 is 9.59 Å². The lowest BCUT2D eigenvalue weighted by atomic mass is 9.90. The molecule has 1 saturated carbocycles. The van der Waals surface area contributed by atoms with Crippen molar-refractivity contribution in [1.29, 1.82) is 0 Å². The topological polar surface area (TPSA) is 71.1 Å². The molecule has 6 heteroatoms. The Balaban J connectivity index is 1.58. The Labute approximate surface area is 158 Å². The van der Waals surface area contributed by atoms with Crippen molar-refractivity contribution in [1.82, 2.24) is 15.6 Å². The summed E-state index contributed by atoms with van der Waals surface area (Å²) in [6.07, 6.45) is 5.09. The number of nitrogens with one attached hydrogen (secondary N) is 2. The summed E-state index contributed by atoms with van der Waals surface area (Å²) >= 11 is 5.95. The average Bonchev–Trinajstić information content (AvgIpc) is 2.62. The van der Waals surface area contributed by atoms with E-state index in [1.165, 1.54) is 0 Å². The predicted molar refractivity (Wildman–Crippen MR) is 101 cm³/mol. The summed E-state index contributed by atoms with van der Waals surface area (Å²) < 4.78 is 0. The number of pyridine rings is 1. The predicted octanol–water partition coefficient (Wildman–Crippen LogP) is 3.51. The van der Waals surface area contributed by atoms with Gasteiger partial charge in [0, 0.05) is 28.9 Å². The SMILES string of the molecule is Cc1cccnc1C(=O)N[C@@H]1CCC[C@@H](NC(=O)c2cccc(Cl)c2)C1. The summed E-state index contributed by atoms with van der Waals surface area (Å²) in [7, 11) is 0. The molecular formula is C20H22ClN3O2. The largest absolute Gasteiger partial charge is 0.349 e. The molecule has 3 rings (SSSR count). The normalized spacial score (nSPS) is 19.6. The summed E-state index contributed by atoms with van der Waals surface area (Å²) in [5.41, 5.74) is 1.86. The molecule has 26 heavy (non-hydrogen) atoms. The van der Waals surface area contributed by atoms with Crippen molar-refractivity contribution in [3.63, 3.8) is 0 Å². The van der Waals surface area contributed by atoms with E-state index in [9.17, 15) is 9.59 Å². The molecule has 136 valence electrons. The van der Waals surface area contributed by atoms with Gasteiger partial charge in [-0.15, -0.1) is 0 Å². The van der Waals surface area contributed by atoms with Crippen LogP contribution in [0.4, 0.5) is 0 Å². The molecule has 2 atom stereocenters. The van der Waals surface area contributed by atoms with Gasteiger partial charge in [0.1, 0.15) is 5.69 Å². The monoisotopic (exact) mass is 371 g/mol. The summed E-state index contributed by atoms with van der Waals surface area (Å²) in [6, 6.07) is 10.6. The second-order valence-corrected chi connectivity index (χ2v) is 7.12. The van der Waals surface area contributed by atoms with Crippen LogP contribution >= 0.6 is 11.6 Å². The zero-order valence-electron chi connectivity index (χ0n) is 14.7. The van der Waals surface area contributed by atoms with Crippen molar-refractivity contribution in [3.8, 4) is 0 Å². The Morgan fingerprint density at radius 2 is 1.81 bits per heavy atom. The number of aromatic nitrogens is 1. The number of hydrogen-bond acceptors (Lipinski definition) is 3. The fourth-order valence-corrected chi connectivity index (χ4v) is 3.52. The molecule has 1 aliphatic rings. The molecule has 1 aliphatic carbocycles. The van der Waals surface area contributed by atoms with E-state index in [-0.39, 0.29) is 23.9 Å². The van der Waals surface area contributed by atoms with Crippen LogP contribution < -0.4 is 10.6 Å². The molecule has 2 N–H and O–H groups in total. The molecule has 0 radical (unpaired) electrons. The first-order valence-electron chi connectivity index (χ1n) is 8.82. The van der Waals surface area contributed by atoms with Gasteiger partial charge in [0.05, 0.1) is 0 Å². The van der Waals surface area contributed by atoms with Crippen LogP contribution in [0.5, 0.6) is 0 Å². The van der Waals surface area contributed by atoms with E-state index in [0.29, 0.717) is 22.7 Å². The highest BCUT2D eigenvalue weighted by Gasteiger charge is 2.25. The number of hydrogen-bond donors (Lipinski definition) is 2. The van der Waals surface area contributed by atoms with E-state index in [0.717, 1.165) is 24.8 Å². The summed E-state index contributed by atoms with van der Waals surface area (Å²) in [4.78, 5) is 29.0. The maximum absolute atomic E-state index is 12.4. The number of amides is 2. The first-order chi connectivity index (χ1) is 12.5. The molecule has 0 bridgehead atoms. The van der Waals surface area contributed by atoms with E-state index in [1.54, 1.807) is 30.5 Å². The van der Waals surface area contributed by atoms with Gasteiger partial charge in [-0.05, 0) is 62.4 Å². The van der Waals surface area contributed by atoms with Gasteiger partial charge in [-0.1, -0.05) is 23.7 Å². The zero-order chi connectivity index (χ0) is 18.5. The van der Waals surface area contributed by atoms with Crippen LogP contribution in [-0.4, -0.2) is 28.9 Å². The number of carbonyl (C=O) groups is 2. The second kappa shape index (κ2) is 8.32. The minimum atomic E-state index is -0.157. The van der Waals surface area contributed by atoms with Crippen LogP contribution in [0.15, 0.2) is 42.6 Å². The van der Waals surface area contributed by atoms with Crippen molar-refractivity contribution in [2.75, 3.05) is 0 Å². The Hall–Kier alpha value is -2.40. The van der Waals surface area contributed by atoms with Crippen LogP contribution in [0.25, 0.3) is 0 Å². The van der Waals surface area contributed by atoms with E-state index in [4.69, 9.17) is 11.6 Å². The first-order valence-corrected chi connectivity index (χ1v) is 9.19. The van der Waals surface area contributed by atoms with Crippen LogP contribution in [0.1, 0.15) is 52.1 Å². The van der Waals surface area contributed by atoms with E-state index < -0.39 is 0 Å². The summed E-state index contributed by atoms with van der Waals surface area (Å²) in [5.74, 6) is -0.292. The molecule has 2 aromatic rings. The van der Waals surface area contributed by atoms with Crippen LogP contribution in [0.2, 0.25) is 5.02 Å². The zero-order valence-corrected chi connectivity index (χ0v) is 15.4. The van der Waals surface area contributed by atoms with Gasteiger partial charge in [-0.2, -0.15) is 0 Å². The fourth-order valence-electron chi connectivity index (χ4n) is 3.33. The molecule has 5 nitrogen and oxygen atoms in total. The number of aryl methyl sites for hydroxylation is 1. The fraction of sp³-hybridized carbons (Fsp3) is 0.350. The molecule has 1 aromatic heterocycles. The van der Waals surface area contributed by atoms with Crippen molar-refractivity contribution in [2.24, 2.45) is 0 Å². The standard InChI is InChI=1S/C20H22ClN3O2/c1-13-5-4-10-22-18(13)20(26)24-17-9-3-8-16(12-17)23-19(25)14-6-2-7-15(21)11-14/h2,4-7,10-11,16-17H,3,8-9,12H2,1H3,(H,23,25)(H,24,26)/t16-,17-/m1/s1. The lowest BCUT2D eigenvalue weighted by Gasteiger charge is -2.30. The number of carbonyl (C=O) groups excluding carboxylic acids is 2. The van der Waals surface area contributed by atoms with Gasteiger partial charge in [0.15, 0.2) is 0 Å². The van der Waals surface area contributed by atoms with Crippen molar-refractivity contribution in [3.05, 3.63) is 64.4 Å². The molecule has 0 saturated heterocycles. The average molecular weight is 372 g/mol. The van der Waals surface area contributed by atoms with Gasteiger partial charge >= 0.3 is 0 Å². The molecule has 0 unspecified atom stereocenters. The van der Waals surface area contributed by atoms with Gasteiger partial charge < -0.3 is 10.6 Å².